The van der Waals surface area contributed by atoms with Crippen LogP contribution in [0.15, 0.2) is 83.1 Å². The number of amidine groups is 1. The number of ether oxygens (including phenoxy) is 1. The number of carbonyl (C=O) groups is 2. The standard InChI is InChI=1S/C32H29F3N6O3S/c1-19(2)25-7-5-6-8-28(25)41-29(42)18-45-31(41)38-36-16-22-9-14-27(20(3)15-22)40-17-26(21(4)39-40)37-30(43)23-10-12-24(13-11-23)44-32(33,34)35/h5-17,19H,18H2,1-4H3,(H,37,43)/b36-16+,38-31-. The number of alkyl halides is 3. The van der Waals surface area contributed by atoms with Crippen molar-refractivity contribution in [2.45, 2.75) is 40.0 Å². The SMILES string of the molecule is Cc1cc(/C=N/N=C2\SCC(=O)N2c2ccccc2C(C)C)ccc1-n1cc(NC(=O)c2ccc(OC(F)(F)F)cc2)c(C)n1. The molecule has 13 heteroatoms. The highest BCUT2D eigenvalue weighted by atomic mass is 32.2. The lowest BCUT2D eigenvalue weighted by atomic mass is 10.0. The number of amides is 2. The molecular weight excluding hydrogens is 605 g/mol. The van der Waals surface area contributed by atoms with Gasteiger partial charge < -0.3 is 10.1 Å². The summed E-state index contributed by atoms with van der Waals surface area (Å²) in [6.45, 7) is 7.81. The fourth-order valence-corrected chi connectivity index (χ4v) is 5.54. The molecule has 1 aliphatic heterocycles. The maximum absolute atomic E-state index is 12.7. The molecule has 2 amide bonds. The average Bonchev–Trinajstić information content (AvgIpc) is 3.53. The molecule has 1 aromatic heterocycles. The second-order valence-corrected chi connectivity index (χ2v) is 11.4. The van der Waals surface area contributed by atoms with Gasteiger partial charge in [-0.05, 0) is 78.9 Å². The molecule has 9 nitrogen and oxygen atoms in total. The molecule has 0 bridgehead atoms. The third kappa shape index (κ3) is 7.43. The van der Waals surface area contributed by atoms with Gasteiger partial charge in [-0.25, -0.2) is 4.68 Å². The number of nitrogens with one attached hydrogen (secondary N) is 1. The van der Waals surface area contributed by atoms with Crippen LogP contribution in [0.25, 0.3) is 5.69 Å². The summed E-state index contributed by atoms with van der Waals surface area (Å²) >= 11 is 1.35. The summed E-state index contributed by atoms with van der Waals surface area (Å²) in [5, 5.41) is 16.4. The first-order valence-corrected chi connectivity index (χ1v) is 14.9. The Bertz CT molecular complexity index is 1800. The molecule has 0 saturated carbocycles. The van der Waals surface area contributed by atoms with Gasteiger partial charge in [-0.1, -0.05) is 49.9 Å². The molecular formula is C32H29F3N6O3S. The van der Waals surface area contributed by atoms with Gasteiger partial charge in [-0.3, -0.25) is 14.5 Å². The molecule has 1 N–H and O–H groups in total. The van der Waals surface area contributed by atoms with Gasteiger partial charge in [-0.2, -0.15) is 10.2 Å². The Labute approximate surface area is 261 Å². The number of benzene rings is 3. The van der Waals surface area contributed by atoms with Crippen molar-refractivity contribution in [2.75, 3.05) is 16.0 Å². The van der Waals surface area contributed by atoms with E-state index in [-0.39, 0.29) is 17.4 Å². The van der Waals surface area contributed by atoms with E-state index in [1.54, 1.807) is 28.9 Å². The molecule has 0 aliphatic carbocycles. The molecule has 1 aliphatic rings. The van der Waals surface area contributed by atoms with Crippen LogP contribution in [-0.2, 0) is 4.79 Å². The summed E-state index contributed by atoms with van der Waals surface area (Å²) in [5.41, 5.74) is 5.47. The molecule has 0 unspecified atom stereocenters. The fraction of sp³-hybridized carbons (Fsp3) is 0.219. The Hall–Kier alpha value is -4.91. The molecule has 4 aromatic rings. The monoisotopic (exact) mass is 634 g/mol. The van der Waals surface area contributed by atoms with E-state index in [2.05, 4.69) is 39.2 Å². The fourth-order valence-electron chi connectivity index (χ4n) is 4.72. The lowest BCUT2D eigenvalue weighted by Crippen LogP contribution is -2.30. The second-order valence-electron chi connectivity index (χ2n) is 10.5. The van der Waals surface area contributed by atoms with Crippen molar-refractivity contribution < 1.29 is 27.5 Å². The minimum Gasteiger partial charge on any atom is -0.406 e. The predicted molar refractivity (Wildman–Crippen MR) is 170 cm³/mol. The quantitative estimate of drug-likeness (QED) is 0.163. The van der Waals surface area contributed by atoms with Crippen molar-refractivity contribution in [2.24, 2.45) is 10.2 Å². The minimum atomic E-state index is -4.81. The lowest BCUT2D eigenvalue weighted by Gasteiger charge is -2.20. The maximum Gasteiger partial charge on any atom is 0.573 e. The Balaban J connectivity index is 1.28. The number of hydrogen-bond acceptors (Lipinski definition) is 7. The topological polar surface area (TPSA) is 101 Å². The van der Waals surface area contributed by atoms with Gasteiger partial charge in [0.05, 0.1) is 40.9 Å². The van der Waals surface area contributed by atoms with Gasteiger partial charge in [0.25, 0.3) is 5.91 Å². The predicted octanol–water partition coefficient (Wildman–Crippen LogP) is 7.23. The summed E-state index contributed by atoms with van der Waals surface area (Å²) in [6.07, 6.45) is -1.54. The molecule has 45 heavy (non-hydrogen) atoms. The maximum atomic E-state index is 12.7. The number of para-hydroxylation sites is 1. The number of rotatable bonds is 8. The molecule has 232 valence electrons. The summed E-state index contributed by atoms with van der Waals surface area (Å²) in [5.74, 6) is -0.431. The van der Waals surface area contributed by atoms with E-state index >= 15 is 0 Å². The van der Waals surface area contributed by atoms with Gasteiger partial charge in [0, 0.05) is 5.56 Å². The van der Waals surface area contributed by atoms with Gasteiger partial charge >= 0.3 is 6.36 Å². The number of halogens is 3. The first-order valence-electron chi connectivity index (χ1n) is 13.9. The molecule has 1 saturated heterocycles. The van der Waals surface area contributed by atoms with Crippen LogP contribution >= 0.6 is 11.8 Å². The van der Waals surface area contributed by atoms with E-state index in [9.17, 15) is 22.8 Å². The van der Waals surface area contributed by atoms with E-state index in [0.717, 1.165) is 40.2 Å². The second kappa shape index (κ2) is 13.0. The third-order valence-corrected chi connectivity index (χ3v) is 7.79. The van der Waals surface area contributed by atoms with Crippen LogP contribution in [0.1, 0.15) is 52.5 Å². The van der Waals surface area contributed by atoms with E-state index < -0.39 is 18.0 Å². The van der Waals surface area contributed by atoms with Gasteiger partial charge in [0.15, 0.2) is 5.17 Å². The Morgan fingerprint density at radius 1 is 1.07 bits per heavy atom. The van der Waals surface area contributed by atoms with Crippen molar-refractivity contribution in [3.05, 3.63) is 101 Å². The Kier molecular flexibility index (Phi) is 9.09. The zero-order valence-electron chi connectivity index (χ0n) is 24.8. The Morgan fingerprint density at radius 3 is 2.49 bits per heavy atom. The molecule has 0 spiro atoms. The molecule has 5 rings (SSSR count). The highest BCUT2D eigenvalue weighted by Crippen LogP contribution is 2.33. The lowest BCUT2D eigenvalue weighted by molar-refractivity contribution is -0.274. The third-order valence-electron chi connectivity index (χ3n) is 6.88. The van der Waals surface area contributed by atoms with E-state index in [1.165, 1.54) is 23.9 Å². The van der Waals surface area contributed by atoms with Gasteiger partial charge in [0.2, 0.25) is 5.91 Å². The molecule has 1 fully saturated rings. The van der Waals surface area contributed by atoms with Crippen LogP contribution in [0.2, 0.25) is 0 Å². The number of thioether (sulfide) groups is 1. The first-order chi connectivity index (χ1) is 21.4. The van der Waals surface area contributed by atoms with Crippen LogP contribution in [0, 0.1) is 13.8 Å². The highest BCUT2D eigenvalue weighted by molar-refractivity contribution is 8.15. The summed E-state index contributed by atoms with van der Waals surface area (Å²) < 4.78 is 42.7. The first kappa shape index (κ1) is 31.5. The van der Waals surface area contributed by atoms with E-state index in [4.69, 9.17) is 0 Å². The number of carbonyl (C=O) groups excluding carboxylic acids is 2. The highest BCUT2D eigenvalue weighted by Gasteiger charge is 2.32. The van der Waals surface area contributed by atoms with Crippen LogP contribution < -0.4 is 15.0 Å². The number of aromatic nitrogens is 2. The smallest absolute Gasteiger partial charge is 0.406 e. The summed E-state index contributed by atoms with van der Waals surface area (Å²) in [7, 11) is 0. The van der Waals surface area contributed by atoms with Crippen LogP contribution in [-0.4, -0.2) is 45.1 Å². The average molecular weight is 635 g/mol. The minimum absolute atomic E-state index is 0.0410. The normalized spacial score (nSPS) is 14.6. The van der Waals surface area contributed by atoms with Crippen molar-refractivity contribution in [1.82, 2.24) is 9.78 Å². The van der Waals surface area contributed by atoms with Crippen LogP contribution in [0.4, 0.5) is 24.5 Å². The van der Waals surface area contributed by atoms with Crippen molar-refractivity contribution >= 4 is 46.3 Å². The zero-order valence-corrected chi connectivity index (χ0v) is 25.6. The van der Waals surface area contributed by atoms with Crippen molar-refractivity contribution in [3.8, 4) is 11.4 Å². The molecule has 0 atom stereocenters. The molecule has 3 aromatic carbocycles. The van der Waals surface area contributed by atoms with Crippen LogP contribution in [0.5, 0.6) is 5.75 Å². The molecule has 2 heterocycles. The number of hydrogen-bond donors (Lipinski definition) is 1. The summed E-state index contributed by atoms with van der Waals surface area (Å²) in [6, 6.07) is 18.1. The van der Waals surface area contributed by atoms with Gasteiger partial charge in [-0.15, -0.1) is 18.3 Å². The van der Waals surface area contributed by atoms with Crippen molar-refractivity contribution in [3.63, 3.8) is 0 Å². The van der Waals surface area contributed by atoms with Gasteiger partial charge in [0.1, 0.15) is 5.75 Å². The molecule has 0 radical (unpaired) electrons. The zero-order chi connectivity index (χ0) is 32.3. The van der Waals surface area contributed by atoms with E-state index in [0.29, 0.717) is 22.3 Å². The van der Waals surface area contributed by atoms with Crippen molar-refractivity contribution in [1.29, 1.82) is 0 Å². The van der Waals surface area contributed by atoms with Crippen LogP contribution in [0.3, 0.4) is 0 Å². The number of anilines is 2. The number of aryl methyl sites for hydroxylation is 2. The van der Waals surface area contributed by atoms with E-state index in [1.807, 2.05) is 49.4 Å². The number of nitrogens with zero attached hydrogens (tertiary/aromatic N) is 5. The largest absolute Gasteiger partial charge is 0.573 e. The Morgan fingerprint density at radius 2 is 1.80 bits per heavy atom. The summed E-state index contributed by atoms with van der Waals surface area (Å²) in [4.78, 5) is 27.1.